The van der Waals surface area contributed by atoms with Crippen LogP contribution in [-0.4, -0.2) is 47.5 Å². The second-order valence-electron chi connectivity index (χ2n) is 8.86. The van der Waals surface area contributed by atoms with Gasteiger partial charge in [0.25, 0.3) is 5.91 Å². The van der Waals surface area contributed by atoms with Crippen LogP contribution < -0.4 is 15.5 Å². The van der Waals surface area contributed by atoms with Crippen LogP contribution in [0.4, 0.5) is 16.8 Å². The molecule has 0 saturated heterocycles. The van der Waals surface area contributed by atoms with E-state index in [2.05, 4.69) is 15.5 Å². The van der Waals surface area contributed by atoms with E-state index in [1.54, 1.807) is 0 Å². The Kier molecular flexibility index (Phi) is 6.88. The van der Waals surface area contributed by atoms with E-state index >= 15 is 0 Å². The van der Waals surface area contributed by atoms with Crippen molar-refractivity contribution < 1.29 is 9.72 Å². The monoisotopic (exact) mass is 458 g/mol. The van der Waals surface area contributed by atoms with Crippen LogP contribution in [0.1, 0.15) is 59.5 Å². The van der Waals surface area contributed by atoms with Gasteiger partial charge in [-0.05, 0) is 63.4 Å². The third-order valence-electron chi connectivity index (χ3n) is 6.31. The van der Waals surface area contributed by atoms with Crippen molar-refractivity contribution in [3.63, 3.8) is 0 Å². The Morgan fingerprint density at radius 1 is 1.19 bits per heavy atom. The average molecular weight is 459 g/mol. The number of fused-ring (bicyclic) bond motifs is 1. The predicted molar refractivity (Wildman–Crippen MR) is 126 cm³/mol. The smallest absolute Gasteiger partial charge is 0.324 e. The van der Waals surface area contributed by atoms with Crippen molar-refractivity contribution >= 4 is 34.0 Å². The normalized spacial score (nSPS) is 20.3. The Morgan fingerprint density at radius 2 is 1.94 bits per heavy atom. The lowest BCUT2D eigenvalue weighted by molar-refractivity contribution is -0.380. The molecule has 0 radical (unpaired) electrons. The van der Waals surface area contributed by atoms with Gasteiger partial charge < -0.3 is 15.5 Å². The zero-order valence-electron chi connectivity index (χ0n) is 18.6. The van der Waals surface area contributed by atoms with Crippen molar-refractivity contribution in [2.75, 3.05) is 30.9 Å². The molecular formula is C22H30N6O3S. The summed E-state index contributed by atoms with van der Waals surface area (Å²) in [5.41, 5.74) is 2.48. The summed E-state index contributed by atoms with van der Waals surface area (Å²) in [4.78, 5) is 34.7. The lowest BCUT2D eigenvalue weighted by atomic mass is 9.86. The highest BCUT2D eigenvalue weighted by Crippen LogP contribution is 2.30. The summed E-state index contributed by atoms with van der Waals surface area (Å²) in [5, 5.41) is 17.3. The molecule has 2 N–H and O–H groups in total. The minimum atomic E-state index is -0.469. The Morgan fingerprint density at radius 3 is 2.62 bits per heavy atom. The molecule has 1 fully saturated rings. The van der Waals surface area contributed by atoms with Crippen molar-refractivity contribution in [3.8, 4) is 0 Å². The van der Waals surface area contributed by atoms with Crippen LogP contribution in [0, 0.1) is 16.0 Å². The Labute approximate surface area is 191 Å². The van der Waals surface area contributed by atoms with Crippen LogP contribution >= 0.6 is 11.3 Å². The molecule has 1 amide bonds. The molecular weight excluding hydrogens is 428 g/mol. The van der Waals surface area contributed by atoms with Crippen LogP contribution in [-0.2, 0) is 12.8 Å². The first-order chi connectivity index (χ1) is 15.4. The Balaban J connectivity index is 1.28. The summed E-state index contributed by atoms with van der Waals surface area (Å²) in [7, 11) is 4.07. The van der Waals surface area contributed by atoms with Crippen LogP contribution in [0.25, 0.3) is 0 Å². The van der Waals surface area contributed by atoms with E-state index in [0.29, 0.717) is 23.4 Å². The standard InChI is InChI=1S/C22H30N6O3S/c1-27(2)20-16-5-3-4-6-17(16)25-22(26-20)24-15-9-7-14(8-10-15)13-23-21(29)18-11-12-19(32-18)28(30)31/h11-12,14-15H,3-10,13H2,1-2H3,(H,23,29)(H,24,25,26). The molecule has 32 heavy (non-hydrogen) atoms. The van der Waals surface area contributed by atoms with Crippen molar-refractivity contribution in [3.05, 3.63) is 38.4 Å². The molecule has 9 nitrogen and oxygen atoms in total. The maximum absolute atomic E-state index is 12.3. The highest BCUT2D eigenvalue weighted by atomic mass is 32.1. The largest absolute Gasteiger partial charge is 0.362 e. The zero-order chi connectivity index (χ0) is 22.7. The first-order valence-corrected chi connectivity index (χ1v) is 12.1. The SMILES string of the molecule is CN(C)c1nc(NC2CCC(CNC(=O)c3ccc([N+](=O)[O-])s3)CC2)nc2c1CCCC2. The van der Waals surface area contributed by atoms with E-state index in [1.807, 2.05) is 14.1 Å². The lowest BCUT2D eigenvalue weighted by Gasteiger charge is -2.30. The molecule has 0 spiro atoms. The number of nitro groups is 1. The molecule has 2 aromatic heterocycles. The van der Waals surface area contributed by atoms with Gasteiger partial charge in [0.1, 0.15) is 5.82 Å². The molecule has 4 rings (SSSR count). The lowest BCUT2D eigenvalue weighted by Crippen LogP contribution is -2.34. The Hall–Kier alpha value is -2.75. The third-order valence-corrected chi connectivity index (χ3v) is 7.35. The highest BCUT2D eigenvalue weighted by molar-refractivity contribution is 7.17. The number of carbonyl (C=O) groups excluding carboxylic acids is 1. The number of amides is 1. The maximum Gasteiger partial charge on any atom is 0.324 e. The number of aromatic nitrogens is 2. The minimum Gasteiger partial charge on any atom is -0.362 e. The second-order valence-corrected chi connectivity index (χ2v) is 9.93. The zero-order valence-corrected chi connectivity index (χ0v) is 19.4. The highest BCUT2D eigenvalue weighted by Gasteiger charge is 2.25. The van der Waals surface area contributed by atoms with E-state index in [4.69, 9.17) is 9.97 Å². The molecule has 0 aliphatic heterocycles. The molecule has 2 aromatic rings. The van der Waals surface area contributed by atoms with E-state index in [0.717, 1.165) is 61.6 Å². The molecule has 2 aliphatic carbocycles. The summed E-state index contributed by atoms with van der Waals surface area (Å²) in [5.74, 6) is 1.93. The second kappa shape index (κ2) is 9.81. The summed E-state index contributed by atoms with van der Waals surface area (Å²) >= 11 is 0.912. The van der Waals surface area contributed by atoms with Gasteiger partial charge in [-0.3, -0.25) is 14.9 Å². The molecule has 172 valence electrons. The Bertz CT molecular complexity index is 984. The number of anilines is 2. The molecule has 2 aliphatic rings. The molecule has 2 heterocycles. The summed E-state index contributed by atoms with van der Waals surface area (Å²) in [6, 6.07) is 3.22. The fourth-order valence-corrected chi connectivity index (χ4v) is 5.31. The number of hydrogen-bond acceptors (Lipinski definition) is 8. The molecule has 1 saturated carbocycles. The van der Waals surface area contributed by atoms with Crippen molar-refractivity contribution in [1.29, 1.82) is 0 Å². The molecule has 0 atom stereocenters. The van der Waals surface area contributed by atoms with Gasteiger partial charge in [-0.25, -0.2) is 4.98 Å². The van der Waals surface area contributed by atoms with E-state index in [-0.39, 0.29) is 10.9 Å². The quantitative estimate of drug-likeness (QED) is 0.479. The summed E-state index contributed by atoms with van der Waals surface area (Å²) in [6.07, 6.45) is 8.49. The molecule has 10 heteroatoms. The number of thiophene rings is 1. The number of carbonyl (C=O) groups is 1. The van der Waals surface area contributed by atoms with Gasteiger partial charge >= 0.3 is 5.00 Å². The molecule has 0 bridgehead atoms. The number of hydrogen-bond donors (Lipinski definition) is 2. The predicted octanol–water partition coefficient (Wildman–Crippen LogP) is 3.79. The number of nitrogens with one attached hydrogen (secondary N) is 2. The topological polar surface area (TPSA) is 113 Å². The van der Waals surface area contributed by atoms with Gasteiger partial charge in [0.15, 0.2) is 0 Å². The number of nitrogens with zero attached hydrogens (tertiary/aromatic N) is 4. The third kappa shape index (κ3) is 5.17. The van der Waals surface area contributed by atoms with Gasteiger partial charge in [-0.15, -0.1) is 0 Å². The van der Waals surface area contributed by atoms with Crippen LogP contribution in [0.3, 0.4) is 0 Å². The first-order valence-electron chi connectivity index (χ1n) is 11.3. The number of rotatable bonds is 7. The fourth-order valence-electron chi connectivity index (χ4n) is 4.57. The van der Waals surface area contributed by atoms with Gasteiger partial charge in [-0.1, -0.05) is 11.3 Å². The van der Waals surface area contributed by atoms with Crippen LogP contribution in [0.2, 0.25) is 0 Å². The van der Waals surface area contributed by atoms with E-state index < -0.39 is 4.92 Å². The van der Waals surface area contributed by atoms with Gasteiger partial charge in [-0.2, -0.15) is 4.98 Å². The van der Waals surface area contributed by atoms with E-state index in [1.165, 1.54) is 36.2 Å². The van der Waals surface area contributed by atoms with Crippen molar-refractivity contribution in [2.45, 2.75) is 57.4 Å². The molecule has 0 aromatic carbocycles. The first kappa shape index (κ1) is 22.4. The van der Waals surface area contributed by atoms with Gasteiger partial charge in [0, 0.05) is 38.3 Å². The maximum atomic E-state index is 12.3. The summed E-state index contributed by atoms with van der Waals surface area (Å²) < 4.78 is 0. The van der Waals surface area contributed by atoms with Gasteiger partial charge in [0.05, 0.1) is 15.5 Å². The van der Waals surface area contributed by atoms with Crippen LogP contribution in [0.5, 0.6) is 0 Å². The number of aryl methyl sites for hydroxylation is 1. The van der Waals surface area contributed by atoms with Crippen LogP contribution in [0.15, 0.2) is 12.1 Å². The van der Waals surface area contributed by atoms with Gasteiger partial charge in [0.2, 0.25) is 5.95 Å². The van der Waals surface area contributed by atoms with E-state index in [9.17, 15) is 14.9 Å². The summed E-state index contributed by atoms with van der Waals surface area (Å²) in [6.45, 7) is 0.595. The molecule has 0 unspecified atom stereocenters. The van der Waals surface area contributed by atoms with Crippen molar-refractivity contribution in [2.24, 2.45) is 5.92 Å². The fraction of sp³-hybridized carbons (Fsp3) is 0.591. The minimum absolute atomic E-state index is 0.0106. The average Bonchev–Trinajstić information content (AvgIpc) is 3.29. The van der Waals surface area contributed by atoms with Crippen molar-refractivity contribution in [1.82, 2.24) is 15.3 Å².